The highest BCUT2D eigenvalue weighted by molar-refractivity contribution is 5.69. The van der Waals surface area contributed by atoms with Crippen LogP contribution in [-0.4, -0.2) is 54.7 Å². The van der Waals surface area contributed by atoms with Gasteiger partial charge in [-0.3, -0.25) is 0 Å². The van der Waals surface area contributed by atoms with E-state index in [0.717, 1.165) is 31.2 Å². The molecule has 1 aromatic rings. The molecule has 2 saturated carbocycles. The second-order valence-corrected chi connectivity index (χ2v) is 16.7. The van der Waals surface area contributed by atoms with Crippen LogP contribution in [0.1, 0.15) is 114 Å². The number of nitrogens with one attached hydrogen (secondary N) is 3. The number of carbonyl (C=O) groups is 3. The lowest BCUT2D eigenvalue weighted by Gasteiger charge is -2.41. The van der Waals surface area contributed by atoms with Gasteiger partial charge in [-0.15, -0.1) is 0 Å². The molecule has 2 fully saturated rings. The summed E-state index contributed by atoms with van der Waals surface area (Å²) >= 11 is 0. The molecule has 1 aromatic carbocycles. The maximum atomic E-state index is 12.3. The standard InChI is InChI=1S/C22H34N2O4.C14H28N2O2/c1-20(2,3)28-18(25)23-15-22(6)13-12-17(21(22,4)5)24-19(26)27-14-16-10-8-7-9-11-16;1-12(2,3)18-11(17)16-9-14(6)8-7-10(15)13(14,4)5/h7-11,17H,12-15H2,1-6H3,(H,23,25)(H,24,26);10H,7-9,15H2,1-6H3,(H,16,17)/t17-,22-;10-,14-/m11/s1. The number of ether oxygens (including phenoxy) is 3. The lowest BCUT2D eigenvalue weighted by molar-refractivity contribution is 0.0429. The Morgan fingerprint density at radius 2 is 1.20 bits per heavy atom. The SMILES string of the molecule is CC(C)(C)OC(=O)NC[C@@]1(C)CC[C@@H](N)C1(C)C.CC(C)(C)OC(=O)NC[C@@]1(C)CC[C@@H](NC(=O)OCc2ccccc2)C1(C)C. The third-order valence-electron chi connectivity index (χ3n) is 10.4. The van der Waals surface area contributed by atoms with Crippen LogP contribution in [0.2, 0.25) is 0 Å². The Hall–Kier alpha value is -3.01. The molecule has 0 aliphatic heterocycles. The maximum Gasteiger partial charge on any atom is 0.407 e. The molecule has 0 radical (unpaired) electrons. The fourth-order valence-electron chi connectivity index (χ4n) is 6.13. The first-order chi connectivity index (χ1) is 20.9. The highest BCUT2D eigenvalue weighted by Crippen LogP contribution is 2.52. The van der Waals surface area contributed by atoms with E-state index >= 15 is 0 Å². The molecule has 0 unspecified atom stereocenters. The summed E-state index contributed by atoms with van der Waals surface area (Å²) in [5.41, 5.74) is 5.81. The zero-order valence-electron chi connectivity index (χ0n) is 30.5. The molecule has 0 bridgehead atoms. The molecule has 46 heavy (non-hydrogen) atoms. The van der Waals surface area contributed by atoms with Crippen molar-refractivity contribution >= 4 is 18.3 Å². The molecule has 10 heteroatoms. The Morgan fingerprint density at radius 3 is 1.63 bits per heavy atom. The molecule has 262 valence electrons. The van der Waals surface area contributed by atoms with Gasteiger partial charge in [0.15, 0.2) is 0 Å². The van der Waals surface area contributed by atoms with Gasteiger partial charge in [0.2, 0.25) is 0 Å². The summed E-state index contributed by atoms with van der Waals surface area (Å²) < 4.78 is 16.0. The van der Waals surface area contributed by atoms with Crippen LogP contribution in [0, 0.1) is 21.7 Å². The van der Waals surface area contributed by atoms with Crippen molar-refractivity contribution < 1.29 is 28.6 Å². The van der Waals surface area contributed by atoms with Gasteiger partial charge in [0.1, 0.15) is 17.8 Å². The molecule has 10 nitrogen and oxygen atoms in total. The summed E-state index contributed by atoms with van der Waals surface area (Å²) in [6.45, 7) is 25.4. The summed E-state index contributed by atoms with van der Waals surface area (Å²) in [6, 6.07) is 9.78. The van der Waals surface area contributed by atoms with E-state index in [-0.39, 0.29) is 46.4 Å². The number of hydrogen-bond donors (Lipinski definition) is 4. The Morgan fingerprint density at radius 1 is 0.739 bits per heavy atom. The van der Waals surface area contributed by atoms with Crippen molar-refractivity contribution in [2.24, 2.45) is 27.4 Å². The largest absolute Gasteiger partial charge is 0.445 e. The number of rotatable bonds is 7. The molecule has 0 spiro atoms. The molecule has 0 heterocycles. The van der Waals surface area contributed by atoms with Gasteiger partial charge >= 0.3 is 18.3 Å². The summed E-state index contributed by atoms with van der Waals surface area (Å²) in [4.78, 5) is 36.0. The van der Waals surface area contributed by atoms with Gasteiger partial charge in [0, 0.05) is 25.2 Å². The first-order valence-corrected chi connectivity index (χ1v) is 16.6. The molecular weight excluding hydrogens is 584 g/mol. The van der Waals surface area contributed by atoms with E-state index in [0.29, 0.717) is 13.1 Å². The molecule has 3 amide bonds. The predicted molar refractivity (Wildman–Crippen MR) is 182 cm³/mol. The topological polar surface area (TPSA) is 141 Å². The van der Waals surface area contributed by atoms with E-state index in [9.17, 15) is 14.4 Å². The molecule has 4 atom stereocenters. The van der Waals surface area contributed by atoms with Gasteiger partial charge in [-0.25, -0.2) is 14.4 Å². The van der Waals surface area contributed by atoms with Crippen molar-refractivity contribution in [1.82, 2.24) is 16.0 Å². The van der Waals surface area contributed by atoms with Gasteiger partial charge in [-0.05, 0) is 94.4 Å². The monoisotopic (exact) mass is 646 g/mol. The molecule has 5 N–H and O–H groups in total. The number of nitrogens with two attached hydrogens (primary N) is 1. The first kappa shape index (κ1) is 39.2. The molecule has 0 aromatic heterocycles. The van der Waals surface area contributed by atoms with Crippen molar-refractivity contribution in [1.29, 1.82) is 0 Å². The first-order valence-electron chi connectivity index (χ1n) is 16.6. The average Bonchev–Trinajstić information content (AvgIpc) is 3.27. The average molecular weight is 647 g/mol. The lowest BCUT2D eigenvalue weighted by Crippen LogP contribution is -2.50. The third kappa shape index (κ3) is 10.8. The van der Waals surface area contributed by atoms with E-state index in [1.807, 2.05) is 71.9 Å². The van der Waals surface area contributed by atoms with Crippen LogP contribution in [0.5, 0.6) is 0 Å². The van der Waals surface area contributed by atoms with Crippen LogP contribution in [0.3, 0.4) is 0 Å². The Bertz CT molecular complexity index is 1170. The van der Waals surface area contributed by atoms with Crippen molar-refractivity contribution in [2.45, 2.75) is 139 Å². The summed E-state index contributed by atoms with van der Waals surface area (Å²) in [6.07, 6.45) is 2.60. The van der Waals surface area contributed by atoms with Crippen LogP contribution < -0.4 is 21.7 Å². The van der Waals surface area contributed by atoms with E-state index in [2.05, 4.69) is 57.5 Å². The Balaban J connectivity index is 0.000000353. The summed E-state index contributed by atoms with van der Waals surface area (Å²) in [7, 11) is 0. The minimum atomic E-state index is -0.525. The maximum absolute atomic E-state index is 12.3. The van der Waals surface area contributed by atoms with Crippen molar-refractivity contribution in [3.8, 4) is 0 Å². The van der Waals surface area contributed by atoms with E-state index in [1.54, 1.807) is 0 Å². The van der Waals surface area contributed by atoms with Crippen LogP contribution in [0.25, 0.3) is 0 Å². The Labute approximate surface area is 277 Å². The quantitative estimate of drug-likeness (QED) is 0.228. The zero-order chi connectivity index (χ0) is 35.2. The molecular formula is C36H62N4O6. The fraction of sp³-hybridized carbons (Fsp3) is 0.750. The van der Waals surface area contributed by atoms with Gasteiger partial charge < -0.3 is 35.9 Å². The fourth-order valence-corrected chi connectivity index (χ4v) is 6.13. The summed E-state index contributed by atoms with van der Waals surface area (Å²) in [5, 5.41) is 8.79. The van der Waals surface area contributed by atoms with Gasteiger partial charge in [0.25, 0.3) is 0 Å². The van der Waals surface area contributed by atoms with Crippen molar-refractivity contribution in [2.75, 3.05) is 13.1 Å². The normalized spacial score (nSPS) is 26.6. The van der Waals surface area contributed by atoms with E-state index < -0.39 is 23.4 Å². The smallest absolute Gasteiger partial charge is 0.407 e. The molecule has 2 aliphatic carbocycles. The molecule has 3 rings (SSSR count). The number of amides is 3. The third-order valence-corrected chi connectivity index (χ3v) is 10.4. The zero-order valence-corrected chi connectivity index (χ0v) is 30.5. The molecule has 0 saturated heterocycles. The van der Waals surface area contributed by atoms with Crippen LogP contribution in [-0.2, 0) is 20.8 Å². The Kier molecular flexibility index (Phi) is 12.6. The van der Waals surface area contributed by atoms with Crippen LogP contribution in [0.4, 0.5) is 14.4 Å². The van der Waals surface area contributed by atoms with Crippen molar-refractivity contribution in [3.05, 3.63) is 35.9 Å². The highest BCUT2D eigenvalue weighted by Gasteiger charge is 2.52. The minimum absolute atomic E-state index is 0.0267. The molecule has 2 aliphatic rings. The number of carbonyl (C=O) groups excluding carboxylic acids is 3. The minimum Gasteiger partial charge on any atom is -0.445 e. The van der Waals surface area contributed by atoms with Gasteiger partial charge in [-0.2, -0.15) is 0 Å². The second-order valence-electron chi connectivity index (χ2n) is 16.7. The van der Waals surface area contributed by atoms with Crippen LogP contribution in [0.15, 0.2) is 30.3 Å². The van der Waals surface area contributed by atoms with Crippen LogP contribution >= 0.6 is 0 Å². The van der Waals surface area contributed by atoms with Crippen molar-refractivity contribution in [3.63, 3.8) is 0 Å². The van der Waals surface area contributed by atoms with Gasteiger partial charge in [0.05, 0.1) is 0 Å². The summed E-state index contributed by atoms with van der Waals surface area (Å²) in [5.74, 6) is 0. The lowest BCUT2D eigenvalue weighted by atomic mass is 9.67. The highest BCUT2D eigenvalue weighted by atomic mass is 16.6. The van der Waals surface area contributed by atoms with E-state index in [4.69, 9.17) is 19.9 Å². The number of alkyl carbamates (subject to hydrolysis) is 3. The number of benzene rings is 1. The predicted octanol–water partition coefficient (Wildman–Crippen LogP) is 7.30. The van der Waals surface area contributed by atoms with E-state index in [1.165, 1.54) is 0 Å². The second kappa shape index (κ2) is 14.8. The van der Waals surface area contributed by atoms with Gasteiger partial charge in [-0.1, -0.05) is 71.9 Å². The number of hydrogen-bond acceptors (Lipinski definition) is 7.